The van der Waals surface area contributed by atoms with E-state index in [4.69, 9.17) is 0 Å². The number of aromatic nitrogens is 2. The van der Waals surface area contributed by atoms with Crippen molar-refractivity contribution in [1.82, 2.24) is 14.5 Å². The van der Waals surface area contributed by atoms with Gasteiger partial charge in [-0.2, -0.15) is 5.10 Å². The zero-order valence-corrected chi connectivity index (χ0v) is 13.2. The molecule has 0 aliphatic carbocycles. The number of nitrogens with one attached hydrogen (secondary N) is 1. The molecule has 124 valence electrons. The summed E-state index contributed by atoms with van der Waals surface area (Å²) in [6.07, 6.45) is 3.15. The number of para-hydroxylation sites is 1. The standard InChI is InChI=1S/C16H13F2N3O2S/c17-13-6-7-15(18)16(8-13)24(22,23)20-10-12-9-19-21(11-12)14-4-2-1-3-5-14/h1-9,11,20H,10H2. The highest BCUT2D eigenvalue weighted by atomic mass is 32.2. The largest absolute Gasteiger partial charge is 0.243 e. The molecule has 0 unspecified atom stereocenters. The van der Waals surface area contributed by atoms with Crippen molar-refractivity contribution in [1.29, 1.82) is 0 Å². The van der Waals surface area contributed by atoms with Crippen molar-refractivity contribution in [2.45, 2.75) is 11.4 Å². The molecule has 1 N–H and O–H groups in total. The Balaban J connectivity index is 1.76. The number of rotatable bonds is 5. The van der Waals surface area contributed by atoms with Crippen molar-refractivity contribution in [2.24, 2.45) is 0 Å². The average molecular weight is 349 g/mol. The third kappa shape index (κ3) is 3.50. The molecular formula is C16H13F2N3O2S. The fourth-order valence-electron chi connectivity index (χ4n) is 2.11. The van der Waals surface area contributed by atoms with Gasteiger partial charge in [0.2, 0.25) is 10.0 Å². The summed E-state index contributed by atoms with van der Waals surface area (Å²) < 4.78 is 54.8. The second-order valence-corrected chi connectivity index (χ2v) is 6.76. The number of nitrogens with zero attached hydrogens (tertiary/aromatic N) is 2. The maximum atomic E-state index is 13.6. The summed E-state index contributed by atoms with van der Waals surface area (Å²) in [5.74, 6) is -1.84. The summed E-state index contributed by atoms with van der Waals surface area (Å²) in [5.41, 5.74) is 1.40. The first-order valence-electron chi connectivity index (χ1n) is 6.99. The van der Waals surface area contributed by atoms with Crippen LogP contribution in [0.5, 0.6) is 0 Å². The molecule has 0 amide bonds. The number of halogens is 2. The van der Waals surface area contributed by atoms with Gasteiger partial charge >= 0.3 is 0 Å². The van der Waals surface area contributed by atoms with Crippen LogP contribution in [0.3, 0.4) is 0 Å². The van der Waals surface area contributed by atoms with Crippen molar-refractivity contribution in [3.63, 3.8) is 0 Å². The topological polar surface area (TPSA) is 64.0 Å². The number of benzene rings is 2. The quantitative estimate of drug-likeness (QED) is 0.770. The Labute approximate surface area is 137 Å². The van der Waals surface area contributed by atoms with Gasteiger partial charge in [0.1, 0.15) is 16.5 Å². The summed E-state index contributed by atoms with van der Waals surface area (Å²) in [6.45, 7) is -0.0921. The summed E-state index contributed by atoms with van der Waals surface area (Å²) >= 11 is 0. The van der Waals surface area contributed by atoms with Crippen molar-refractivity contribution < 1.29 is 17.2 Å². The van der Waals surface area contributed by atoms with Crippen molar-refractivity contribution in [3.8, 4) is 5.69 Å². The molecule has 24 heavy (non-hydrogen) atoms. The van der Waals surface area contributed by atoms with Crippen molar-refractivity contribution in [2.75, 3.05) is 0 Å². The molecule has 3 aromatic rings. The highest BCUT2D eigenvalue weighted by Gasteiger charge is 2.19. The fourth-order valence-corrected chi connectivity index (χ4v) is 3.22. The summed E-state index contributed by atoms with van der Waals surface area (Å²) in [6, 6.07) is 11.6. The van der Waals surface area contributed by atoms with Crippen LogP contribution in [-0.2, 0) is 16.6 Å². The summed E-state index contributed by atoms with van der Waals surface area (Å²) in [4.78, 5) is -0.724. The van der Waals surface area contributed by atoms with E-state index in [9.17, 15) is 17.2 Å². The van der Waals surface area contributed by atoms with Gasteiger partial charge in [0.05, 0.1) is 11.9 Å². The zero-order chi connectivity index (χ0) is 17.2. The van der Waals surface area contributed by atoms with Crippen LogP contribution in [0.15, 0.2) is 65.8 Å². The third-order valence-electron chi connectivity index (χ3n) is 3.31. The second-order valence-electron chi connectivity index (χ2n) is 5.03. The van der Waals surface area contributed by atoms with E-state index >= 15 is 0 Å². The average Bonchev–Trinajstić information content (AvgIpc) is 3.05. The molecular weight excluding hydrogens is 336 g/mol. The molecule has 0 atom stereocenters. The molecule has 0 fully saturated rings. The molecule has 2 aromatic carbocycles. The normalized spacial score (nSPS) is 11.6. The smallest absolute Gasteiger partial charge is 0.241 e. The van der Waals surface area contributed by atoms with Gasteiger partial charge in [-0.15, -0.1) is 0 Å². The van der Waals surface area contributed by atoms with Gasteiger partial charge in [0, 0.05) is 18.3 Å². The molecule has 0 bridgehead atoms. The molecule has 0 saturated carbocycles. The first kappa shape index (κ1) is 16.3. The van der Waals surface area contributed by atoms with Crippen LogP contribution in [0, 0.1) is 11.6 Å². The van der Waals surface area contributed by atoms with Gasteiger partial charge in [0.15, 0.2) is 0 Å². The van der Waals surface area contributed by atoms with E-state index in [1.54, 1.807) is 10.9 Å². The van der Waals surface area contributed by atoms with Crippen LogP contribution in [0.2, 0.25) is 0 Å². The minimum Gasteiger partial charge on any atom is -0.241 e. The van der Waals surface area contributed by atoms with E-state index in [1.807, 2.05) is 30.3 Å². The second kappa shape index (κ2) is 6.50. The van der Waals surface area contributed by atoms with Gasteiger partial charge in [-0.3, -0.25) is 0 Å². The van der Waals surface area contributed by atoms with Gasteiger partial charge < -0.3 is 0 Å². The molecule has 0 spiro atoms. The van der Waals surface area contributed by atoms with Crippen molar-refractivity contribution >= 4 is 10.0 Å². The number of hydrogen-bond acceptors (Lipinski definition) is 3. The highest BCUT2D eigenvalue weighted by Crippen LogP contribution is 2.16. The predicted octanol–water partition coefficient (Wildman–Crippen LogP) is 2.63. The molecule has 8 heteroatoms. The first-order chi connectivity index (χ1) is 11.5. The lowest BCUT2D eigenvalue weighted by Gasteiger charge is -2.06. The maximum Gasteiger partial charge on any atom is 0.243 e. The lowest BCUT2D eigenvalue weighted by molar-refractivity contribution is 0.545. The van der Waals surface area contributed by atoms with E-state index < -0.39 is 26.6 Å². The first-order valence-corrected chi connectivity index (χ1v) is 8.48. The third-order valence-corrected chi connectivity index (χ3v) is 4.72. The Morgan fingerprint density at radius 2 is 1.83 bits per heavy atom. The van der Waals surface area contributed by atoms with E-state index in [1.165, 1.54) is 6.20 Å². The predicted molar refractivity (Wildman–Crippen MR) is 83.9 cm³/mol. The zero-order valence-electron chi connectivity index (χ0n) is 12.4. The van der Waals surface area contributed by atoms with Crippen LogP contribution in [0.1, 0.15) is 5.56 Å². The summed E-state index contributed by atoms with van der Waals surface area (Å²) in [7, 11) is -4.17. The van der Waals surface area contributed by atoms with Gasteiger partial charge in [-0.25, -0.2) is 26.6 Å². The fraction of sp³-hybridized carbons (Fsp3) is 0.0625. The minimum absolute atomic E-state index is 0.0921. The Kier molecular flexibility index (Phi) is 4.41. The molecule has 5 nitrogen and oxygen atoms in total. The molecule has 0 saturated heterocycles. The minimum atomic E-state index is -4.17. The van der Waals surface area contributed by atoms with Crippen LogP contribution in [0.25, 0.3) is 5.69 Å². The van der Waals surface area contributed by atoms with E-state index in [-0.39, 0.29) is 6.54 Å². The molecule has 0 radical (unpaired) electrons. The Bertz CT molecular complexity index is 956. The Morgan fingerprint density at radius 1 is 1.08 bits per heavy atom. The molecule has 0 aliphatic heterocycles. The molecule has 1 aromatic heterocycles. The lowest BCUT2D eigenvalue weighted by Crippen LogP contribution is -2.24. The van der Waals surface area contributed by atoms with Gasteiger partial charge in [0.25, 0.3) is 0 Å². The number of hydrogen-bond donors (Lipinski definition) is 1. The lowest BCUT2D eigenvalue weighted by atomic mass is 10.3. The molecule has 3 rings (SSSR count). The Hall–Kier alpha value is -2.58. The molecule has 0 aliphatic rings. The van der Waals surface area contributed by atoms with E-state index in [2.05, 4.69) is 9.82 Å². The van der Waals surface area contributed by atoms with Crippen molar-refractivity contribution in [3.05, 3.63) is 78.1 Å². The SMILES string of the molecule is O=S(=O)(NCc1cnn(-c2ccccc2)c1)c1cc(F)ccc1F. The van der Waals surface area contributed by atoms with Gasteiger partial charge in [-0.05, 0) is 30.3 Å². The Morgan fingerprint density at radius 3 is 2.58 bits per heavy atom. The number of sulfonamides is 1. The van der Waals surface area contributed by atoms with Gasteiger partial charge in [-0.1, -0.05) is 18.2 Å². The van der Waals surface area contributed by atoms with Crippen LogP contribution >= 0.6 is 0 Å². The van der Waals surface area contributed by atoms with E-state index in [0.717, 1.165) is 17.8 Å². The van der Waals surface area contributed by atoms with E-state index in [0.29, 0.717) is 11.6 Å². The maximum absolute atomic E-state index is 13.6. The van der Waals surface area contributed by atoms with Crippen LogP contribution in [-0.4, -0.2) is 18.2 Å². The van der Waals surface area contributed by atoms with Crippen LogP contribution < -0.4 is 4.72 Å². The monoisotopic (exact) mass is 349 g/mol. The molecule has 1 heterocycles. The summed E-state index contributed by atoms with van der Waals surface area (Å²) in [5, 5.41) is 4.14. The highest BCUT2D eigenvalue weighted by molar-refractivity contribution is 7.89. The van der Waals surface area contributed by atoms with Crippen LogP contribution in [0.4, 0.5) is 8.78 Å².